The summed E-state index contributed by atoms with van der Waals surface area (Å²) in [4.78, 5) is 25.5. The summed E-state index contributed by atoms with van der Waals surface area (Å²) in [6.45, 7) is 6.45. The van der Waals surface area contributed by atoms with E-state index < -0.39 is 30.8 Å². The molecular formula is C29H38F3NO7. The summed E-state index contributed by atoms with van der Waals surface area (Å²) in [6, 6.07) is 14.0. The van der Waals surface area contributed by atoms with Gasteiger partial charge in [0.15, 0.2) is 6.10 Å². The van der Waals surface area contributed by atoms with Crippen molar-refractivity contribution in [3.8, 4) is 11.5 Å². The first-order valence-corrected chi connectivity index (χ1v) is 13.3. The molecule has 0 aliphatic rings. The van der Waals surface area contributed by atoms with Crippen LogP contribution < -0.4 is 9.47 Å². The van der Waals surface area contributed by atoms with Crippen molar-refractivity contribution in [2.24, 2.45) is 0 Å². The average Bonchev–Trinajstić information content (AvgIpc) is 2.89. The standard InChI is InChI=1S/C29H38F3NO7/c1-4-38-26(27(34)35)20-22-6-10-24(11-7-22)39-19-16-33(15-18-37-17-5-14-29(30,31)32)28(36)40-25-12-8-23(9-13-25)21(2)3/h6-13,21,26H,4-5,14-20H2,1-3H3,(H,34,35). The molecule has 0 aromatic heterocycles. The first kappa shape index (κ1) is 32.9. The van der Waals surface area contributed by atoms with Crippen molar-refractivity contribution in [2.45, 2.75) is 58.2 Å². The predicted octanol–water partition coefficient (Wildman–Crippen LogP) is 6.08. The Morgan fingerprint density at radius 3 is 2.12 bits per heavy atom. The smallest absolute Gasteiger partial charge is 0.415 e. The molecule has 2 aromatic carbocycles. The van der Waals surface area contributed by atoms with Crippen molar-refractivity contribution >= 4 is 12.1 Å². The van der Waals surface area contributed by atoms with Gasteiger partial charge in [-0.3, -0.25) is 0 Å². The van der Waals surface area contributed by atoms with Crippen molar-refractivity contribution in [3.05, 3.63) is 59.7 Å². The third-order valence-corrected chi connectivity index (χ3v) is 5.88. The van der Waals surface area contributed by atoms with Crippen LogP contribution in [0.15, 0.2) is 48.5 Å². The molecule has 1 unspecified atom stereocenters. The lowest BCUT2D eigenvalue weighted by atomic mass is 10.0. The minimum Gasteiger partial charge on any atom is -0.492 e. The second kappa shape index (κ2) is 16.7. The van der Waals surface area contributed by atoms with Gasteiger partial charge in [0.1, 0.15) is 18.1 Å². The number of carbonyl (C=O) groups is 2. The zero-order chi connectivity index (χ0) is 29.5. The summed E-state index contributed by atoms with van der Waals surface area (Å²) in [7, 11) is 0. The second-order valence-corrected chi connectivity index (χ2v) is 9.39. The number of hydrogen-bond acceptors (Lipinski definition) is 6. The topological polar surface area (TPSA) is 94.5 Å². The summed E-state index contributed by atoms with van der Waals surface area (Å²) in [5.74, 6) is 0.182. The van der Waals surface area contributed by atoms with E-state index in [0.29, 0.717) is 24.0 Å². The zero-order valence-corrected chi connectivity index (χ0v) is 23.1. The van der Waals surface area contributed by atoms with Gasteiger partial charge in [-0.1, -0.05) is 38.1 Å². The van der Waals surface area contributed by atoms with E-state index in [4.69, 9.17) is 18.9 Å². The highest BCUT2D eigenvalue weighted by molar-refractivity contribution is 5.72. The first-order valence-electron chi connectivity index (χ1n) is 13.3. The second-order valence-electron chi connectivity index (χ2n) is 9.39. The van der Waals surface area contributed by atoms with Gasteiger partial charge in [-0.15, -0.1) is 0 Å². The number of hydrogen-bond donors (Lipinski definition) is 1. The summed E-state index contributed by atoms with van der Waals surface area (Å²) < 4.78 is 58.8. The van der Waals surface area contributed by atoms with Gasteiger partial charge in [-0.05, 0) is 54.7 Å². The fraction of sp³-hybridized carbons (Fsp3) is 0.517. The lowest BCUT2D eigenvalue weighted by Crippen LogP contribution is -2.39. The molecule has 0 radical (unpaired) electrons. The van der Waals surface area contributed by atoms with Gasteiger partial charge in [0.2, 0.25) is 0 Å². The number of amides is 1. The van der Waals surface area contributed by atoms with Crippen molar-refractivity contribution in [1.29, 1.82) is 0 Å². The van der Waals surface area contributed by atoms with E-state index in [1.165, 1.54) is 4.90 Å². The Kier molecular flexibility index (Phi) is 13.7. The van der Waals surface area contributed by atoms with Gasteiger partial charge in [-0.2, -0.15) is 13.2 Å². The maximum absolute atomic E-state index is 12.9. The molecule has 0 aliphatic carbocycles. The molecule has 8 nitrogen and oxygen atoms in total. The van der Waals surface area contributed by atoms with Crippen LogP contribution in [0.2, 0.25) is 0 Å². The number of nitrogens with zero attached hydrogens (tertiary/aromatic N) is 1. The molecule has 0 saturated carbocycles. The number of carboxylic acid groups (broad SMARTS) is 1. The van der Waals surface area contributed by atoms with E-state index in [0.717, 1.165) is 11.1 Å². The van der Waals surface area contributed by atoms with Crippen LogP contribution in [0.1, 0.15) is 50.7 Å². The third kappa shape index (κ3) is 12.7. The summed E-state index contributed by atoms with van der Waals surface area (Å²) in [5.41, 5.74) is 1.87. The van der Waals surface area contributed by atoms with E-state index in [2.05, 4.69) is 13.8 Å². The molecule has 0 spiro atoms. The minimum absolute atomic E-state index is 0.0402. The summed E-state index contributed by atoms with van der Waals surface area (Å²) >= 11 is 0. The highest BCUT2D eigenvalue weighted by Crippen LogP contribution is 2.21. The van der Waals surface area contributed by atoms with Crippen LogP contribution in [-0.4, -0.2) is 73.9 Å². The van der Waals surface area contributed by atoms with Gasteiger partial charge >= 0.3 is 18.2 Å². The van der Waals surface area contributed by atoms with E-state index >= 15 is 0 Å². The molecule has 0 heterocycles. The molecule has 0 aliphatic heterocycles. The van der Waals surface area contributed by atoms with E-state index in [-0.39, 0.29) is 45.8 Å². The van der Waals surface area contributed by atoms with Crippen LogP contribution >= 0.6 is 0 Å². The van der Waals surface area contributed by atoms with Crippen molar-refractivity contribution in [2.75, 3.05) is 39.5 Å². The Bertz CT molecular complexity index is 1030. The fourth-order valence-electron chi connectivity index (χ4n) is 3.66. The molecule has 2 aromatic rings. The number of halogens is 3. The van der Waals surface area contributed by atoms with E-state index in [9.17, 15) is 27.9 Å². The monoisotopic (exact) mass is 569 g/mol. The van der Waals surface area contributed by atoms with E-state index in [1.807, 2.05) is 12.1 Å². The number of aliphatic carboxylic acids is 1. The molecule has 1 amide bonds. The molecule has 1 N–H and O–H groups in total. The lowest BCUT2D eigenvalue weighted by molar-refractivity contribution is -0.150. The Morgan fingerprint density at radius 1 is 0.925 bits per heavy atom. The molecule has 2 rings (SSSR count). The maximum Gasteiger partial charge on any atom is 0.415 e. The van der Waals surface area contributed by atoms with Crippen molar-refractivity contribution < 1.29 is 46.8 Å². The Morgan fingerprint density at radius 2 is 1.55 bits per heavy atom. The van der Waals surface area contributed by atoms with Gasteiger partial charge in [0.25, 0.3) is 0 Å². The first-order chi connectivity index (χ1) is 19.0. The highest BCUT2D eigenvalue weighted by Gasteiger charge is 2.26. The van der Waals surface area contributed by atoms with Gasteiger partial charge < -0.3 is 29.0 Å². The predicted molar refractivity (Wildman–Crippen MR) is 143 cm³/mol. The number of alkyl halides is 3. The van der Waals surface area contributed by atoms with Crippen LogP contribution in [0.3, 0.4) is 0 Å². The average molecular weight is 570 g/mol. The summed E-state index contributed by atoms with van der Waals surface area (Å²) in [6.07, 6.45) is -6.68. The van der Waals surface area contributed by atoms with Crippen LogP contribution in [0.5, 0.6) is 11.5 Å². The van der Waals surface area contributed by atoms with Crippen LogP contribution in [0.4, 0.5) is 18.0 Å². The molecule has 1 atom stereocenters. The number of ether oxygens (including phenoxy) is 4. The molecule has 0 fully saturated rings. The number of carbonyl (C=O) groups excluding carboxylic acids is 1. The largest absolute Gasteiger partial charge is 0.492 e. The molecule has 40 heavy (non-hydrogen) atoms. The molecule has 222 valence electrons. The number of carboxylic acids is 1. The molecule has 0 bridgehead atoms. The van der Waals surface area contributed by atoms with Crippen LogP contribution in [-0.2, 0) is 20.7 Å². The quantitative estimate of drug-likeness (QED) is 0.231. The SMILES string of the molecule is CCOC(Cc1ccc(OCCN(CCOCCCC(F)(F)F)C(=O)Oc2ccc(C(C)C)cc2)cc1)C(=O)O. The van der Waals surface area contributed by atoms with Gasteiger partial charge in [0.05, 0.1) is 13.2 Å². The summed E-state index contributed by atoms with van der Waals surface area (Å²) in [5, 5.41) is 9.25. The van der Waals surface area contributed by atoms with Crippen molar-refractivity contribution in [1.82, 2.24) is 4.90 Å². The van der Waals surface area contributed by atoms with Crippen LogP contribution in [0, 0.1) is 0 Å². The van der Waals surface area contributed by atoms with E-state index in [1.54, 1.807) is 43.3 Å². The van der Waals surface area contributed by atoms with Crippen LogP contribution in [0.25, 0.3) is 0 Å². The van der Waals surface area contributed by atoms with Crippen molar-refractivity contribution in [3.63, 3.8) is 0 Å². The Hall–Kier alpha value is -3.31. The fourth-order valence-corrected chi connectivity index (χ4v) is 3.66. The Balaban J connectivity index is 1.92. The third-order valence-electron chi connectivity index (χ3n) is 5.88. The number of benzene rings is 2. The highest BCUT2D eigenvalue weighted by atomic mass is 19.4. The Labute approximate surface area is 233 Å². The normalized spacial score (nSPS) is 12.3. The zero-order valence-electron chi connectivity index (χ0n) is 23.1. The minimum atomic E-state index is -4.24. The maximum atomic E-state index is 12.9. The molecule has 11 heteroatoms. The number of rotatable bonds is 17. The van der Waals surface area contributed by atoms with Gasteiger partial charge in [0, 0.05) is 32.6 Å². The molecular weight excluding hydrogens is 531 g/mol. The van der Waals surface area contributed by atoms with Gasteiger partial charge in [-0.25, -0.2) is 9.59 Å². The molecule has 0 saturated heterocycles. The lowest BCUT2D eigenvalue weighted by Gasteiger charge is -2.22.